The molecule has 1 aromatic heterocycles. The predicted molar refractivity (Wildman–Crippen MR) is 132 cm³/mol. The summed E-state index contributed by atoms with van der Waals surface area (Å²) in [6.07, 6.45) is 1.47. The van der Waals surface area contributed by atoms with Crippen LogP contribution in [0.4, 0.5) is 10.5 Å². The van der Waals surface area contributed by atoms with Gasteiger partial charge in [0.2, 0.25) is 0 Å². The third-order valence-corrected chi connectivity index (χ3v) is 6.26. The number of nitrogens with zero attached hydrogens (tertiary/aromatic N) is 2. The minimum absolute atomic E-state index is 0.177. The molecule has 0 unspecified atom stereocenters. The third kappa shape index (κ3) is 4.08. The van der Waals surface area contributed by atoms with E-state index in [1.807, 2.05) is 30.5 Å². The molecule has 2 heterocycles. The van der Waals surface area contributed by atoms with Gasteiger partial charge in [0.1, 0.15) is 11.3 Å². The molecular weight excluding hydrogens is 477 g/mol. The van der Waals surface area contributed by atoms with Gasteiger partial charge in [0.05, 0.1) is 28.0 Å². The molecule has 0 aliphatic carbocycles. The maximum atomic E-state index is 13.4. The fourth-order valence-electron chi connectivity index (χ4n) is 3.92. The molecule has 1 N–H and O–H groups in total. The Bertz CT molecular complexity index is 1360. The molecule has 1 aliphatic rings. The van der Waals surface area contributed by atoms with E-state index in [0.29, 0.717) is 33.7 Å². The van der Waals surface area contributed by atoms with Crippen LogP contribution < -0.4 is 15.0 Å². The van der Waals surface area contributed by atoms with Crippen LogP contribution in [-0.2, 0) is 9.59 Å². The van der Waals surface area contributed by atoms with Crippen molar-refractivity contribution in [2.24, 2.45) is 0 Å². The standard InChI is InChI=1S/C25H21Cl2N3O4/c1-4-34-21-11-6-5-9-19(21)30-24(32)17(23(31)28-25(30)33)13-16-12-14(2)29(15(16)3)20-10-7-8-18(26)22(20)27/h5-13H,4H2,1-3H3,(H,28,31,33)/b17-13+. The highest BCUT2D eigenvalue weighted by Crippen LogP contribution is 2.34. The maximum Gasteiger partial charge on any atom is 0.336 e. The van der Waals surface area contributed by atoms with Gasteiger partial charge in [-0.25, -0.2) is 9.69 Å². The van der Waals surface area contributed by atoms with Crippen molar-refractivity contribution >= 4 is 52.8 Å². The van der Waals surface area contributed by atoms with E-state index in [1.165, 1.54) is 6.08 Å². The van der Waals surface area contributed by atoms with Crippen molar-refractivity contribution in [3.05, 3.63) is 81.1 Å². The van der Waals surface area contributed by atoms with Gasteiger partial charge in [0.15, 0.2) is 0 Å². The number of barbiturate groups is 1. The number of carbonyl (C=O) groups excluding carboxylic acids is 3. The molecule has 2 aromatic carbocycles. The van der Waals surface area contributed by atoms with E-state index in [2.05, 4.69) is 5.32 Å². The molecule has 4 amide bonds. The Labute approximate surface area is 206 Å². The summed E-state index contributed by atoms with van der Waals surface area (Å²) in [5, 5.41) is 3.05. The van der Waals surface area contributed by atoms with Crippen LogP contribution >= 0.6 is 23.2 Å². The molecule has 3 aromatic rings. The topological polar surface area (TPSA) is 80.6 Å². The number of rotatable bonds is 5. The zero-order valence-corrected chi connectivity index (χ0v) is 20.2. The number of halogens is 2. The van der Waals surface area contributed by atoms with Gasteiger partial charge in [-0.2, -0.15) is 0 Å². The van der Waals surface area contributed by atoms with Crippen molar-refractivity contribution in [2.45, 2.75) is 20.8 Å². The predicted octanol–water partition coefficient (Wildman–Crippen LogP) is 5.47. The fraction of sp³-hybridized carbons (Fsp3) is 0.160. The minimum atomic E-state index is -0.838. The number of carbonyl (C=O) groups is 3. The molecule has 1 aliphatic heterocycles. The van der Waals surface area contributed by atoms with Crippen LogP contribution in [0.1, 0.15) is 23.9 Å². The zero-order chi connectivity index (χ0) is 24.6. The Hall–Kier alpha value is -3.55. The Balaban J connectivity index is 1.79. The number of amides is 4. The molecule has 0 radical (unpaired) electrons. The Kier molecular flexibility index (Phi) is 6.50. The van der Waals surface area contributed by atoms with Crippen LogP contribution in [0.25, 0.3) is 11.8 Å². The summed E-state index contributed by atoms with van der Waals surface area (Å²) in [7, 11) is 0. The summed E-state index contributed by atoms with van der Waals surface area (Å²) in [6.45, 7) is 5.87. The largest absolute Gasteiger partial charge is 0.492 e. The van der Waals surface area contributed by atoms with Gasteiger partial charge >= 0.3 is 6.03 Å². The SMILES string of the molecule is CCOc1ccccc1N1C(=O)NC(=O)/C(=C\c2cc(C)n(-c3cccc(Cl)c3Cl)c2C)C1=O. The van der Waals surface area contributed by atoms with Gasteiger partial charge in [0, 0.05) is 11.4 Å². The van der Waals surface area contributed by atoms with Crippen LogP contribution in [0.2, 0.25) is 10.0 Å². The summed E-state index contributed by atoms with van der Waals surface area (Å²) in [6, 6.07) is 13.0. The molecule has 174 valence electrons. The molecular formula is C25H21Cl2N3O4. The third-order valence-electron chi connectivity index (χ3n) is 5.45. The number of hydrogen-bond acceptors (Lipinski definition) is 4. The van der Waals surface area contributed by atoms with E-state index in [4.69, 9.17) is 27.9 Å². The average molecular weight is 498 g/mol. The van der Waals surface area contributed by atoms with Crippen molar-refractivity contribution < 1.29 is 19.1 Å². The van der Waals surface area contributed by atoms with Gasteiger partial charge < -0.3 is 9.30 Å². The lowest BCUT2D eigenvalue weighted by molar-refractivity contribution is -0.122. The van der Waals surface area contributed by atoms with E-state index in [0.717, 1.165) is 16.3 Å². The lowest BCUT2D eigenvalue weighted by Crippen LogP contribution is -2.54. The highest BCUT2D eigenvalue weighted by molar-refractivity contribution is 6.43. The molecule has 4 rings (SSSR count). The second-order valence-corrected chi connectivity index (χ2v) is 8.38. The zero-order valence-electron chi connectivity index (χ0n) is 18.7. The fourth-order valence-corrected chi connectivity index (χ4v) is 4.30. The number of imide groups is 2. The van der Waals surface area contributed by atoms with Gasteiger partial charge in [0.25, 0.3) is 11.8 Å². The first-order valence-corrected chi connectivity index (χ1v) is 11.3. The second kappa shape index (κ2) is 9.37. The van der Waals surface area contributed by atoms with Crippen molar-refractivity contribution in [1.29, 1.82) is 0 Å². The van der Waals surface area contributed by atoms with Gasteiger partial charge in [-0.3, -0.25) is 14.9 Å². The van der Waals surface area contributed by atoms with Crippen LogP contribution in [0.3, 0.4) is 0 Å². The molecule has 0 atom stereocenters. The highest BCUT2D eigenvalue weighted by Gasteiger charge is 2.38. The van der Waals surface area contributed by atoms with Crippen LogP contribution in [0.15, 0.2) is 54.1 Å². The Morgan fingerprint density at radius 1 is 1.00 bits per heavy atom. The van der Waals surface area contributed by atoms with E-state index in [9.17, 15) is 14.4 Å². The first kappa shape index (κ1) is 23.6. The van der Waals surface area contributed by atoms with Gasteiger partial charge in [-0.05, 0) is 62.7 Å². The number of nitrogens with one attached hydrogen (secondary N) is 1. The summed E-state index contributed by atoms with van der Waals surface area (Å²) in [4.78, 5) is 39.5. The summed E-state index contributed by atoms with van der Waals surface area (Å²) in [5.74, 6) is -1.16. The Morgan fingerprint density at radius 3 is 2.44 bits per heavy atom. The van der Waals surface area contributed by atoms with E-state index in [-0.39, 0.29) is 11.3 Å². The molecule has 1 fully saturated rings. The molecule has 1 saturated heterocycles. The van der Waals surface area contributed by atoms with Gasteiger partial charge in [-0.15, -0.1) is 0 Å². The number of para-hydroxylation sites is 2. The average Bonchev–Trinajstić information content (AvgIpc) is 3.07. The molecule has 0 bridgehead atoms. The second-order valence-electron chi connectivity index (χ2n) is 7.59. The minimum Gasteiger partial charge on any atom is -0.492 e. The number of aryl methyl sites for hydroxylation is 1. The molecule has 34 heavy (non-hydrogen) atoms. The van der Waals surface area contributed by atoms with Crippen molar-refractivity contribution in [3.8, 4) is 11.4 Å². The molecule has 7 nitrogen and oxygen atoms in total. The Morgan fingerprint density at radius 2 is 1.71 bits per heavy atom. The lowest BCUT2D eigenvalue weighted by atomic mass is 10.1. The summed E-state index contributed by atoms with van der Waals surface area (Å²) >= 11 is 12.6. The smallest absolute Gasteiger partial charge is 0.336 e. The number of urea groups is 1. The van der Waals surface area contributed by atoms with Gasteiger partial charge in [-0.1, -0.05) is 41.4 Å². The molecule has 0 spiro atoms. The number of benzene rings is 2. The highest BCUT2D eigenvalue weighted by atomic mass is 35.5. The monoisotopic (exact) mass is 497 g/mol. The first-order valence-electron chi connectivity index (χ1n) is 10.5. The summed E-state index contributed by atoms with van der Waals surface area (Å²) in [5.41, 5.74) is 2.94. The van der Waals surface area contributed by atoms with Crippen LogP contribution in [0, 0.1) is 13.8 Å². The van der Waals surface area contributed by atoms with Crippen molar-refractivity contribution in [1.82, 2.24) is 9.88 Å². The molecule has 0 saturated carbocycles. The van der Waals surface area contributed by atoms with E-state index in [1.54, 1.807) is 43.3 Å². The number of hydrogen-bond donors (Lipinski definition) is 1. The van der Waals surface area contributed by atoms with Crippen LogP contribution in [0.5, 0.6) is 5.75 Å². The summed E-state index contributed by atoms with van der Waals surface area (Å²) < 4.78 is 7.46. The van der Waals surface area contributed by atoms with Crippen molar-refractivity contribution in [3.63, 3.8) is 0 Å². The van der Waals surface area contributed by atoms with Crippen LogP contribution in [-0.4, -0.2) is 29.0 Å². The lowest BCUT2D eigenvalue weighted by Gasteiger charge is -2.27. The van der Waals surface area contributed by atoms with E-state index < -0.39 is 17.8 Å². The molecule has 9 heteroatoms. The maximum absolute atomic E-state index is 13.4. The number of ether oxygens (including phenoxy) is 1. The first-order chi connectivity index (χ1) is 16.2. The quantitative estimate of drug-likeness (QED) is 0.374. The van der Waals surface area contributed by atoms with Crippen molar-refractivity contribution in [2.75, 3.05) is 11.5 Å². The number of anilines is 1. The normalized spacial score (nSPS) is 15.1. The van der Waals surface area contributed by atoms with E-state index >= 15 is 0 Å². The number of aromatic nitrogens is 1.